The van der Waals surface area contributed by atoms with Gasteiger partial charge in [-0.3, -0.25) is 9.59 Å². The molecule has 0 aliphatic carbocycles. The van der Waals surface area contributed by atoms with Gasteiger partial charge in [0.1, 0.15) is 72.7 Å². The highest BCUT2D eigenvalue weighted by molar-refractivity contribution is 5.99. The lowest BCUT2D eigenvalue weighted by Crippen LogP contribution is -2.57. The Labute approximate surface area is 634 Å². The van der Waals surface area contributed by atoms with Gasteiger partial charge in [-0.05, 0) is 127 Å². The molecule has 0 radical (unpaired) electrons. The van der Waals surface area contributed by atoms with Gasteiger partial charge in [-0.15, -0.1) is 0 Å². The first-order valence-electron chi connectivity index (χ1n) is 35.7. The molecular weight excluding hydrogens is 1390 g/mol. The molecule has 0 aromatic heterocycles. The van der Waals surface area contributed by atoms with Gasteiger partial charge >= 0.3 is 23.9 Å². The monoisotopic (exact) mass is 1490 g/mol. The van der Waals surface area contributed by atoms with Gasteiger partial charge in [-0.25, -0.2) is 19.3 Å². The normalized spacial score (nSPS) is 20.8. The molecule has 4 aliphatic heterocycles. The summed E-state index contributed by atoms with van der Waals surface area (Å²) < 4.78 is 93.0. The number of aliphatic hydroxyl groups is 1. The molecule has 108 heavy (non-hydrogen) atoms. The molecule has 2 spiro atoms. The number of methoxy groups -OCH3 is 3. The van der Waals surface area contributed by atoms with Crippen molar-refractivity contribution in [3.63, 3.8) is 0 Å². The van der Waals surface area contributed by atoms with Crippen LogP contribution in [0.3, 0.4) is 0 Å². The minimum atomic E-state index is -0.796. The van der Waals surface area contributed by atoms with E-state index in [0.717, 1.165) is 35.3 Å². The number of esters is 4. The molecule has 0 saturated carbocycles. The van der Waals surface area contributed by atoms with Crippen molar-refractivity contribution in [2.45, 2.75) is 141 Å². The maximum atomic E-state index is 13.0. The number of unbranched alkanes of at least 4 members (excludes halogenated alkanes) is 3. The van der Waals surface area contributed by atoms with Gasteiger partial charge in [0.25, 0.3) is 11.4 Å². The van der Waals surface area contributed by atoms with Crippen LogP contribution in [0.2, 0.25) is 0 Å². The van der Waals surface area contributed by atoms with Gasteiger partial charge in [0.05, 0.1) is 111 Å². The third kappa shape index (κ3) is 23.5. The number of nitriles is 2. The zero-order valence-electron chi connectivity index (χ0n) is 64.7. The highest BCUT2D eigenvalue weighted by Crippen LogP contribution is 2.42. The van der Waals surface area contributed by atoms with Crippen LogP contribution in [-0.2, 0) is 82.6 Å². The van der Waals surface area contributed by atoms with Crippen LogP contribution in [0.5, 0.6) is 23.0 Å². The van der Waals surface area contributed by atoms with E-state index in [4.69, 9.17) is 88.9 Å². The van der Waals surface area contributed by atoms with Crippen molar-refractivity contribution in [2.24, 2.45) is 32.5 Å². The van der Waals surface area contributed by atoms with E-state index in [2.05, 4.69) is 16.6 Å². The lowest BCUT2D eigenvalue weighted by atomic mass is 9.86. The summed E-state index contributed by atoms with van der Waals surface area (Å²) in [4.78, 5) is 58.3. The Balaban J connectivity index is 0.000000302. The summed E-state index contributed by atoms with van der Waals surface area (Å²) in [5.41, 5.74) is 1.13. The Bertz CT molecular complexity index is 4090. The van der Waals surface area contributed by atoms with Gasteiger partial charge in [0.15, 0.2) is 25.2 Å². The Kier molecular flexibility index (Phi) is 31.0. The van der Waals surface area contributed by atoms with Crippen LogP contribution < -0.4 is 18.9 Å². The van der Waals surface area contributed by atoms with E-state index in [1.807, 2.05) is 119 Å². The van der Waals surface area contributed by atoms with E-state index < -0.39 is 81.5 Å². The second-order valence-corrected chi connectivity index (χ2v) is 30.3. The average molecular weight is 1490 g/mol. The fraction of sp³-hybridized carbons (Fsp3) is 0.518. The highest BCUT2D eigenvalue weighted by Gasteiger charge is 2.50. The standard InChI is InChI=1S/C44H56N2O10.C39H46N2O11/c1-10-11-12-13-18-50-36-17-16-32(19-31(36)3)21-35(46-8)39(48)52-25-43(6,7)41-55-28-44(29-56-41)26-53-40(54-27-44)42(4,5)24-51-38(47)34(23-45)20-33-15-14-30(2)37(22-33)49-9;1-25-13-26(10-12-31(25)45-7)15-30(41-6)34(44)48-20-38(4,5)36-51-23-39(24-52-36)21-49-35(50-22-39)37(2,3)19-47-33(43)29(17-40)14-27-9-11-28(18-42)32(16-27)46-8/h14-17,19-22,40-41H,10-13,18,24-29H2,1-7,9H3;9-16,35-36,42H,18-24H2,1-5,7-8H3/b34-20-,35-21+;29-14-,30-15+. The molecule has 4 aliphatic rings. The molecule has 0 bridgehead atoms. The first-order valence-corrected chi connectivity index (χ1v) is 35.7. The number of rotatable bonds is 30. The van der Waals surface area contributed by atoms with Crippen LogP contribution in [0.25, 0.3) is 34.0 Å². The van der Waals surface area contributed by atoms with E-state index in [1.165, 1.54) is 44.3 Å². The summed E-state index contributed by atoms with van der Waals surface area (Å²) in [6, 6.07) is 25.1. The topological polar surface area (TPSA) is 292 Å². The fourth-order valence-corrected chi connectivity index (χ4v) is 11.8. The van der Waals surface area contributed by atoms with Crippen molar-refractivity contribution in [2.75, 3.05) is 107 Å². The van der Waals surface area contributed by atoms with Crippen LogP contribution in [0, 0.1) is 89.1 Å². The minimum Gasteiger partial charge on any atom is -0.496 e. The zero-order valence-corrected chi connectivity index (χ0v) is 64.7. The quantitative estimate of drug-likeness (QED) is 0.0127. The average Bonchev–Trinajstić information content (AvgIpc) is 0.785. The number of benzene rings is 4. The van der Waals surface area contributed by atoms with Gasteiger partial charge in [0.2, 0.25) is 0 Å². The number of aryl methyl sites for hydroxylation is 3. The maximum Gasteiger partial charge on any atom is 0.348 e. The highest BCUT2D eigenvalue weighted by atomic mass is 16.7. The third-order valence-electron chi connectivity index (χ3n) is 18.5. The number of ether oxygens (including phenoxy) is 16. The number of carbonyl (C=O) groups excluding carboxylic acids is 4. The van der Waals surface area contributed by atoms with Crippen LogP contribution in [0.4, 0.5) is 0 Å². The van der Waals surface area contributed by atoms with Gasteiger partial charge in [-0.1, -0.05) is 118 Å². The number of nitrogens with zero attached hydrogens (tertiary/aromatic N) is 4. The third-order valence-corrected chi connectivity index (χ3v) is 18.5. The Morgan fingerprint density at radius 3 is 1.16 bits per heavy atom. The van der Waals surface area contributed by atoms with E-state index in [1.54, 1.807) is 56.7 Å². The van der Waals surface area contributed by atoms with Gasteiger partial charge in [-0.2, -0.15) is 10.5 Å². The van der Waals surface area contributed by atoms with Crippen molar-refractivity contribution in [1.82, 2.24) is 0 Å². The largest absolute Gasteiger partial charge is 0.496 e. The van der Waals surface area contributed by atoms with Crippen molar-refractivity contribution in [3.05, 3.63) is 163 Å². The van der Waals surface area contributed by atoms with Crippen molar-refractivity contribution >= 4 is 48.2 Å². The first kappa shape index (κ1) is 85.8. The predicted molar refractivity (Wildman–Crippen MR) is 398 cm³/mol. The lowest BCUT2D eigenvalue weighted by Gasteiger charge is -2.48. The molecule has 0 amide bonds. The number of hydrogen-bond acceptors (Lipinski definition) is 23. The zero-order chi connectivity index (χ0) is 79.0. The second-order valence-electron chi connectivity index (χ2n) is 30.3. The van der Waals surface area contributed by atoms with Gasteiger partial charge in [0, 0.05) is 27.2 Å². The second kappa shape index (κ2) is 39.1. The summed E-state index contributed by atoms with van der Waals surface area (Å²) in [5, 5.41) is 28.7. The molecule has 580 valence electrons. The maximum absolute atomic E-state index is 13.0. The van der Waals surface area contributed by atoms with E-state index in [0.29, 0.717) is 51.7 Å². The molecule has 0 unspecified atom stereocenters. The molecule has 4 aromatic carbocycles. The summed E-state index contributed by atoms with van der Waals surface area (Å²) in [5.74, 6) is -0.440. The first-order chi connectivity index (χ1) is 51.3. The molecule has 8 rings (SSSR count). The van der Waals surface area contributed by atoms with E-state index >= 15 is 0 Å². The predicted octanol–water partition coefficient (Wildman–Crippen LogP) is 13.3. The van der Waals surface area contributed by atoms with Crippen LogP contribution >= 0.6 is 0 Å². The van der Waals surface area contributed by atoms with Crippen LogP contribution in [0.1, 0.15) is 133 Å². The van der Waals surface area contributed by atoms with Gasteiger partial charge < -0.3 is 80.9 Å². The van der Waals surface area contributed by atoms with Crippen LogP contribution in [0.15, 0.2) is 95.3 Å². The molecule has 0 atom stereocenters. The Morgan fingerprint density at radius 1 is 0.472 bits per heavy atom. The van der Waals surface area contributed by atoms with Crippen molar-refractivity contribution < 1.29 is 100 Å². The van der Waals surface area contributed by atoms with Crippen molar-refractivity contribution in [1.29, 1.82) is 10.5 Å². The smallest absolute Gasteiger partial charge is 0.348 e. The molecular formula is C83H102N4O21. The SMILES string of the molecule is [C-]#[N+]/C(=C/c1ccc(OC)c(C)c1)C(=O)OCC(C)(C)C1OCC2(COC(C(C)(C)COC(=O)/C(C#N)=C\c3ccc(CO)c(OC)c3)OC2)CO1.[C-]#[N+]/C(=C/c1ccc(OCCCCCC)c(C)c1)C(=O)OCC(C)(C)C1OCC2(COC(C(C)(C)COC(=O)/C(C#N)=C\c3ccc(C)c(OC)c3)OC2)CO1. The molecule has 4 saturated heterocycles. The number of hydrogen-bond donors (Lipinski definition) is 1. The number of aliphatic hydroxyl groups excluding tert-OH is 1. The summed E-state index contributed by atoms with van der Waals surface area (Å²) in [6.07, 6.45) is 7.57. The Morgan fingerprint density at radius 2 is 0.815 bits per heavy atom. The molecule has 1 N–H and O–H groups in total. The van der Waals surface area contributed by atoms with E-state index in [-0.39, 0.29) is 108 Å². The van der Waals surface area contributed by atoms with Crippen LogP contribution in [-0.4, -0.2) is 161 Å². The summed E-state index contributed by atoms with van der Waals surface area (Å²) >= 11 is 0. The molecule has 4 aromatic rings. The molecule has 25 heteroatoms. The minimum absolute atomic E-state index is 0.0376. The lowest BCUT2D eigenvalue weighted by molar-refractivity contribution is -0.337. The van der Waals surface area contributed by atoms with Crippen molar-refractivity contribution in [3.8, 4) is 35.1 Å². The fourth-order valence-electron chi connectivity index (χ4n) is 11.8. The van der Waals surface area contributed by atoms with E-state index in [9.17, 15) is 34.8 Å². The Hall–Kier alpha value is -9.48. The molecule has 25 nitrogen and oxygen atoms in total. The molecule has 4 heterocycles. The summed E-state index contributed by atoms with van der Waals surface area (Å²) in [7, 11) is 4.60. The number of carbonyl (C=O) groups is 4. The molecule has 4 fully saturated rings. The summed E-state index contributed by atoms with van der Waals surface area (Å²) in [6.45, 7) is 40.2.